The van der Waals surface area contributed by atoms with Crippen molar-refractivity contribution in [1.29, 1.82) is 0 Å². The minimum atomic E-state index is -0.660. The first-order valence-corrected chi connectivity index (χ1v) is 13.5. The van der Waals surface area contributed by atoms with E-state index in [1.165, 1.54) is 5.56 Å². The standard InChI is InChI=1S/C31H36Cl2N2O2/c1-5-34-30(37)28(20-23-9-7-6-8-10-23)35(21-24-13-17-26(32)27(33)19-24)29(36)18-14-22-11-15-25(16-12-22)31(2,3)4/h6-13,15-17,19,28H,5,14,18,20-21H2,1-4H3,(H,34,37)/t28-/m0/s1. The molecule has 3 aromatic carbocycles. The Balaban J connectivity index is 1.88. The first kappa shape index (κ1) is 28.7. The Hall–Kier alpha value is -2.82. The average molecular weight is 540 g/mol. The van der Waals surface area contributed by atoms with E-state index < -0.39 is 6.04 Å². The first-order valence-electron chi connectivity index (χ1n) is 12.7. The van der Waals surface area contributed by atoms with Crippen LogP contribution in [0.1, 0.15) is 56.4 Å². The van der Waals surface area contributed by atoms with Crippen LogP contribution in [0, 0.1) is 0 Å². The Morgan fingerprint density at radius 3 is 2.11 bits per heavy atom. The lowest BCUT2D eigenvalue weighted by atomic mass is 9.86. The van der Waals surface area contributed by atoms with E-state index in [2.05, 4.69) is 50.4 Å². The van der Waals surface area contributed by atoms with Gasteiger partial charge in [-0.2, -0.15) is 0 Å². The molecule has 0 bridgehead atoms. The van der Waals surface area contributed by atoms with Crippen molar-refractivity contribution in [1.82, 2.24) is 10.2 Å². The zero-order chi connectivity index (χ0) is 27.0. The molecule has 0 saturated heterocycles. The molecule has 0 spiro atoms. The van der Waals surface area contributed by atoms with Gasteiger partial charge in [0.25, 0.3) is 0 Å². The van der Waals surface area contributed by atoms with Gasteiger partial charge in [0.1, 0.15) is 6.04 Å². The Labute approximate surface area is 231 Å². The number of halogens is 2. The van der Waals surface area contributed by atoms with E-state index in [0.29, 0.717) is 35.9 Å². The van der Waals surface area contributed by atoms with Crippen LogP contribution >= 0.6 is 23.2 Å². The van der Waals surface area contributed by atoms with Gasteiger partial charge < -0.3 is 10.2 Å². The number of benzene rings is 3. The molecule has 0 aromatic heterocycles. The van der Waals surface area contributed by atoms with Gasteiger partial charge in [-0.1, -0.05) is 105 Å². The largest absolute Gasteiger partial charge is 0.355 e. The maximum Gasteiger partial charge on any atom is 0.243 e. The van der Waals surface area contributed by atoms with E-state index in [9.17, 15) is 9.59 Å². The van der Waals surface area contributed by atoms with E-state index in [1.807, 2.05) is 43.3 Å². The van der Waals surface area contributed by atoms with Crippen LogP contribution < -0.4 is 5.32 Å². The second-order valence-corrected chi connectivity index (χ2v) is 11.1. The minimum absolute atomic E-state index is 0.0717. The fourth-order valence-electron chi connectivity index (χ4n) is 4.25. The van der Waals surface area contributed by atoms with Crippen LogP contribution in [-0.2, 0) is 34.4 Å². The van der Waals surface area contributed by atoms with Gasteiger partial charge in [0.15, 0.2) is 0 Å². The van der Waals surface area contributed by atoms with Crippen molar-refractivity contribution in [2.24, 2.45) is 0 Å². The van der Waals surface area contributed by atoms with Crippen LogP contribution in [0.5, 0.6) is 0 Å². The fourth-order valence-corrected chi connectivity index (χ4v) is 4.57. The molecule has 1 N–H and O–H groups in total. The first-order chi connectivity index (χ1) is 17.6. The molecular formula is C31H36Cl2N2O2. The predicted octanol–water partition coefficient (Wildman–Crippen LogP) is 7.00. The molecule has 1 atom stereocenters. The molecular weight excluding hydrogens is 503 g/mol. The third kappa shape index (κ3) is 8.34. The molecule has 3 rings (SSSR count). The van der Waals surface area contributed by atoms with Gasteiger partial charge in [-0.05, 0) is 53.1 Å². The third-order valence-electron chi connectivity index (χ3n) is 6.41. The Kier molecular flexibility index (Phi) is 10.2. The lowest BCUT2D eigenvalue weighted by Crippen LogP contribution is -2.50. The van der Waals surface area contributed by atoms with Crippen LogP contribution in [0.3, 0.4) is 0 Å². The van der Waals surface area contributed by atoms with E-state index in [-0.39, 0.29) is 23.8 Å². The predicted molar refractivity (Wildman–Crippen MR) is 153 cm³/mol. The molecule has 0 saturated carbocycles. The molecule has 0 fully saturated rings. The summed E-state index contributed by atoms with van der Waals surface area (Å²) in [6.07, 6.45) is 1.30. The quantitative estimate of drug-likeness (QED) is 0.302. The molecule has 4 nitrogen and oxygen atoms in total. The van der Waals surface area contributed by atoms with Crippen LogP contribution in [0.25, 0.3) is 0 Å². The van der Waals surface area contributed by atoms with Gasteiger partial charge in [0.05, 0.1) is 10.0 Å². The number of carbonyl (C=O) groups is 2. The highest BCUT2D eigenvalue weighted by molar-refractivity contribution is 6.42. The molecule has 37 heavy (non-hydrogen) atoms. The molecule has 0 aliphatic rings. The molecule has 0 aliphatic carbocycles. The van der Waals surface area contributed by atoms with E-state index in [1.54, 1.807) is 17.0 Å². The molecule has 0 aliphatic heterocycles. The lowest BCUT2D eigenvalue weighted by Gasteiger charge is -2.31. The fraction of sp³-hybridized carbons (Fsp3) is 0.355. The summed E-state index contributed by atoms with van der Waals surface area (Å²) in [5.74, 6) is -0.257. The molecule has 196 valence electrons. The number of amides is 2. The van der Waals surface area contributed by atoms with Gasteiger partial charge in [-0.15, -0.1) is 0 Å². The number of nitrogens with one attached hydrogen (secondary N) is 1. The number of carbonyl (C=O) groups excluding carboxylic acids is 2. The highest BCUT2D eigenvalue weighted by atomic mass is 35.5. The molecule has 3 aromatic rings. The smallest absolute Gasteiger partial charge is 0.243 e. The Bertz CT molecular complexity index is 1190. The number of aryl methyl sites for hydroxylation is 1. The second-order valence-electron chi connectivity index (χ2n) is 10.3. The van der Waals surface area contributed by atoms with Crippen molar-refractivity contribution >= 4 is 35.0 Å². The zero-order valence-electron chi connectivity index (χ0n) is 22.1. The van der Waals surface area contributed by atoms with Gasteiger partial charge >= 0.3 is 0 Å². The zero-order valence-corrected chi connectivity index (χ0v) is 23.6. The monoisotopic (exact) mass is 538 g/mol. The second kappa shape index (κ2) is 13.1. The van der Waals surface area contributed by atoms with E-state index >= 15 is 0 Å². The summed E-state index contributed by atoms with van der Waals surface area (Å²) in [6, 6.07) is 22.9. The average Bonchev–Trinajstić information content (AvgIpc) is 2.87. The van der Waals surface area contributed by atoms with Crippen LogP contribution in [0.2, 0.25) is 10.0 Å². The van der Waals surface area contributed by atoms with Crippen molar-refractivity contribution in [3.05, 3.63) is 105 Å². The van der Waals surface area contributed by atoms with Crippen molar-refractivity contribution < 1.29 is 9.59 Å². The summed E-state index contributed by atoms with van der Waals surface area (Å²) in [7, 11) is 0. The Morgan fingerprint density at radius 2 is 1.51 bits per heavy atom. The topological polar surface area (TPSA) is 49.4 Å². The molecule has 6 heteroatoms. The summed E-state index contributed by atoms with van der Waals surface area (Å²) < 4.78 is 0. The third-order valence-corrected chi connectivity index (χ3v) is 7.15. The summed E-state index contributed by atoms with van der Waals surface area (Å²) >= 11 is 12.4. The number of nitrogens with zero attached hydrogens (tertiary/aromatic N) is 1. The maximum absolute atomic E-state index is 13.7. The highest BCUT2D eigenvalue weighted by Gasteiger charge is 2.30. The molecule has 0 radical (unpaired) electrons. The maximum atomic E-state index is 13.7. The summed E-state index contributed by atoms with van der Waals surface area (Å²) in [5, 5.41) is 3.79. The molecule has 2 amide bonds. The lowest BCUT2D eigenvalue weighted by molar-refractivity contribution is -0.141. The van der Waals surface area contributed by atoms with Crippen molar-refractivity contribution in [2.45, 2.75) is 65.0 Å². The van der Waals surface area contributed by atoms with Crippen molar-refractivity contribution in [3.63, 3.8) is 0 Å². The summed E-state index contributed by atoms with van der Waals surface area (Å²) in [5.41, 5.74) is 4.22. The molecule has 0 unspecified atom stereocenters. The van der Waals surface area contributed by atoms with Crippen molar-refractivity contribution in [3.8, 4) is 0 Å². The van der Waals surface area contributed by atoms with Gasteiger partial charge in [0.2, 0.25) is 11.8 Å². The molecule has 0 heterocycles. The summed E-state index contributed by atoms with van der Waals surface area (Å²) in [4.78, 5) is 28.7. The number of likely N-dealkylation sites (N-methyl/N-ethyl adjacent to an activating group) is 1. The van der Waals surface area contributed by atoms with E-state index in [4.69, 9.17) is 23.2 Å². The minimum Gasteiger partial charge on any atom is -0.355 e. The van der Waals surface area contributed by atoms with Gasteiger partial charge in [0, 0.05) is 25.9 Å². The number of hydrogen-bond donors (Lipinski definition) is 1. The summed E-state index contributed by atoms with van der Waals surface area (Å²) in [6.45, 7) is 9.16. The van der Waals surface area contributed by atoms with Crippen LogP contribution in [-0.4, -0.2) is 29.3 Å². The van der Waals surface area contributed by atoms with Gasteiger partial charge in [-0.3, -0.25) is 9.59 Å². The normalized spacial score (nSPS) is 12.2. The number of hydrogen-bond acceptors (Lipinski definition) is 2. The SMILES string of the molecule is CCNC(=O)[C@H](Cc1ccccc1)N(Cc1ccc(Cl)c(Cl)c1)C(=O)CCc1ccc(C(C)(C)C)cc1. The van der Waals surface area contributed by atoms with Crippen molar-refractivity contribution in [2.75, 3.05) is 6.54 Å². The van der Waals surface area contributed by atoms with Gasteiger partial charge in [-0.25, -0.2) is 0 Å². The number of rotatable bonds is 10. The van der Waals surface area contributed by atoms with Crippen LogP contribution in [0.15, 0.2) is 72.8 Å². The highest BCUT2D eigenvalue weighted by Crippen LogP contribution is 2.25. The Morgan fingerprint density at radius 1 is 0.865 bits per heavy atom. The van der Waals surface area contributed by atoms with Crippen LogP contribution in [0.4, 0.5) is 0 Å². The van der Waals surface area contributed by atoms with E-state index in [0.717, 1.165) is 16.7 Å².